The van der Waals surface area contributed by atoms with Crippen molar-refractivity contribution in [3.63, 3.8) is 0 Å². The van der Waals surface area contributed by atoms with Gasteiger partial charge in [0.25, 0.3) is 0 Å². The van der Waals surface area contributed by atoms with E-state index in [-0.39, 0.29) is 6.29 Å². The van der Waals surface area contributed by atoms with E-state index in [1.807, 2.05) is 35.5 Å². The maximum Gasteiger partial charge on any atom is 0.159 e. The van der Waals surface area contributed by atoms with E-state index in [0.717, 1.165) is 24.4 Å². The molecule has 0 radical (unpaired) electrons. The first-order valence-electron chi connectivity index (χ1n) is 7.44. The van der Waals surface area contributed by atoms with Gasteiger partial charge < -0.3 is 9.47 Å². The molecule has 0 saturated carbocycles. The van der Waals surface area contributed by atoms with Crippen LogP contribution in [-0.2, 0) is 22.6 Å². The molecule has 0 saturated heterocycles. The van der Waals surface area contributed by atoms with Crippen molar-refractivity contribution in [2.45, 2.75) is 46.6 Å². The fourth-order valence-electron chi connectivity index (χ4n) is 2.15. The highest BCUT2D eigenvalue weighted by Crippen LogP contribution is 2.15. The van der Waals surface area contributed by atoms with E-state index in [1.165, 1.54) is 0 Å². The number of hydrogen-bond donors (Lipinski definition) is 0. The summed E-state index contributed by atoms with van der Waals surface area (Å²) in [6.45, 7) is 8.78. The minimum Gasteiger partial charge on any atom is -0.353 e. The van der Waals surface area contributed by atoms with Gasteiger partial charge in [-0.05, 0) is 26.8 Å². The smallest absolute Gasteiger partial charge is 0.159 e. The van der Waals surface area contributed by atoms with Crippen molar-refractivity contribution >= 4 is 0 Å². The van der Waals surface area contributed by atoms with E-state index in [4.69, 9.17) is 9.47 Å². The van der Waals surface area contributed by atoms with Crippen LogP contribution in [0.1, 0.15) is 27.2 Å². The summed E-state index contributed by atoms with van der Waals surface area (Å²) >= 11 is 0. The first kappa shape index (κ1) is 15.7. The highest BCUT2D eigenvalue weighted by Gasteiger charge is 2.11. The third kappa shape index (κ3) is 4.12. The van der Waals surface area contributed by atoms with Gasteiger partial charge in [-0.1, -0.05) is 5.21 Å². The summed E-state index contributed by atoms with van der Waals surface area (Å²) in [6.07, 6.45) is 4.27. The zero-order valence-corrected chi connectivity index (χ0v) is 12.9. The van der Waals surface area contributed by atoms with Gasteiger partial charge in [-0.2, -0.15) is 5.10 Å². The molecule has 2 aromatic rings. The summed E-state index contributed by atoms with van der Waals surface area (Å²) < 4.78 is 14.8. The van der Waals surface area contributed by atoms with Crippen molar-refractivity contribution in [1.29, 1.82) is 0 Å². The minimum absolute atomic E-state index is 0.186. The second-order valence-corrected chi connectivity index (χ2v) is 4.53. The zero-order valence-electron chi connectivity index (χ0n) is 12.9. The van der Waals surface area contributed by atoms with Crippen LogP contribution in [0.3, 0.4) is 0 Å². The largest absolute Gasteiger partial charge is 0.353 e. The fourth-order valence-corrected chi connectivity index (χ4v) is 2.15. The SMILES string of the molecule is CCOC(CCn1cc(-c2ccnn2CC)nn1)OCC. The summed E-state index contributed by atoms with van der Waals surface area (Å²) in [5, 5.41) is 12.6. The number of rotatable bonds is 9. The van der Waals surface area contributed by atoms with Gasteiger partial charge in [-0.15, -0.1) is 5.10 Å². The Bertz CT molecular complexity index is 531. The molecule has 0 aliphatic rings. The van der Waals surface area contributed by atoms with Gasteiger partial charge in [0.2, 0.25) is 0 Å². The number of aromatic nitrogens is 5. The van der Waals surface area contributed by atoms with Crippen molar-refractivity contribution in [1.82, 2.24) is 24.8 Å². The van der Waals surface area contributed by atoms with Gasteiger partial charge in [0.15, 0.2) is 6.29 Å². The summed E-state index contributed by atoms with van der Waals surface area (Å²) in [5.74, 6) is 0. The Labute approximate surface area is 124 Å². The summed E-state index contributed by atoms with van der Waals surface area (Å²) in [4.78, 5) is 0. The van der Waals surface area contributed by atoms with Crippen molar-refractivity contribution in [3.05, 3.63) is 18.5 Å². The van der Waals surface area contributed by atoms with Crippen LogP contribution >= 0.6 is 0 Å². The Morgan fingerprint density at radius 2 is 1.95 bits per heavy atom. The van der Waals surface area contributed by atoms with E-state index < -0.39 is 0 Å². The van der Waals surface area contributed by atoms with Crippen LogP contribution in [0.15, 0.2) is 18.5 Å². The lowest BCUT2D eigenvalue weighted by Gasteiger charge is -2.16. The Morgan fingerprint density at radius 1 is 1.19 bits per heavy atom. The molecule has 7 nitrogen and oxygen atoms in total. The third-order valence-electron chi connectivity index (χ3n) is 3.12. The van der Waals surface area contributed by atoms with Gasteiger partial charge >= 0.3 is 0 Å². The average Bonchev–Trinajstić information content (AvgIpc) is 3.13. The van der Waals surface area contributed by atoms with Gasteiger partial charge in [0.1, 0.15) is 5.69 Å². The van der Waals surface area contributed by atoms with E-state index in [2.05, 4.69) is 22.3 Å². The molecule has 2 rings (SSSR count). The predicted molar refractivity (Wildman–Crippen MR) is 78.6 cm³/mol. The summed E-state index contributed by atoms with van der Waals surface area (Å²) in [6, 6.07) is 1.95. The van der Waals surface area contributed by atoms with Gasteiger partial charge in [-0.3, -0.25) is 9.36 Å². The lowest BCUT2D eigenvalue weighted by atomic mass is 10.3. The van der Waals surface area contributed by atoms with Crippen LogP contribution in [0.25, 0.3) is 11.4 Å². The molecule has 21 heavy (non-hydrogen) atoms. The number of aryl methyl sites for hydroxylation is 2. The molecule has 0 unspecified atom stereocenters. The Kier molecular flexibility index (Phi) is 5.89. The van der Waals surface area contributed by atoms with Crippen LogP contribution in [0.5, 0.6) is 0 Å². The first-order valence-corrected chi connectivity index (χ1v) is 7.44. The molecular formula is C14H23N5O2. The molecular weight excluding hydrogens is 270 g/mol. The normalized spacial score (nSPS) is 11.4. The quantitative estimate of drug-likeness (QED) is 0.661. The van der Waals surface area contributed by atoms with Gasteiger partial charge in [-0.25, -0.2) is 0 Å². The highest BCUT2D eigenvalue weighted by molar-refractivity contribution is 5.51. The molecule has 0 spiro atoms. The van der Waals surface area contributed by atoms with Crippen molar-refractivity contribution < 1.29 is 9.47 Å². The number of hydrogen-bond acceptors (Lipinski definition) is 5. The van der Waals surface area contributed by atoms with E-state index in [0.29, 0.717) is 19.8 Å². The maximum absolute atomic E-state index is 5.52. The lowest BCUT2D eigenvalue weighted by molar-refractivity contribution is -0.141. The molecule has 0 atom stereocenters. The number of nitrogens with zero attached hydrogens (tertiary/aromatic N) is 5. The second kappa shape index (κ2) is 7.90. The maximum atomic E-state index is 5.52. The van der Waals surface area contributed by atoms with Crippen LogP contribution < -0.4 is 0 Å². The molecule has 0 aliphatic heterocycles. The molecule has 0 aliphatic carbocycles. The van der Waals surface area contributed by atoms with Crippen LogP contribution in [-0.4, -0.2) is 44.3 Å². The van der Waals surface area contributed by atoms with Crippen molar-refractivity contribution in [2.75, 3.05) is 13.2 Å². The van der Waals surface area contributed by atoms with E-state index in [9.17, 15) is 0 Å². The average molecular weight is 293 g/mol. The molecule has 2 aromatic heterocycles. The fraction of sp³-hybridized carbons (Fsp3) is 0.643. The van der Waals surface area contributed by atoms with E-state index >= 15 is 0 Å². The monoisotopic (exact) mass is 293 g/mol. The topological polar surface area (TPSA) is 67.0 Å². The molecule has 7 heteroatoms. The molecule has 0 aromatic carbocycles. The molecule has 0 amide bonds. The van der Waals surface area contributed by atoms with E-state index in [1.54, 1.807) is 6.20 Å². The van der Waals surface area contributed by atoms with Gasteiger partial charge in [0, 0.05) is 38.9 Å². The van der Waals surface area contributed by atoms with Crippen molar-refractivity contribution in [2.24, 2.45) is 0 Å². The second-order valence-electron chi connectivity index (χ2n) is 4.53. The Balaban J connectivity index is 1.97. The van der Waals surface area contributed by atoms with Crippen LogP contribution in [0, 0.1) is 0 Å². The van der Waals surface area contributed by atoms with Crippen LogP contribution in [0.4, 0.5) is 0 Å². The summed E-state index contributed by atoms with van der Waals surface area (Å²) in [5.41, 5.74) is 1.81. The minimum atomic E-state index is -0.186. The van der Waals surface area contributed by atoms with Gasteiger partial charge in [0.05, 0.1) is 11.9 Å². The molecule has 2 heterocycles. The van der Waals surface area contributed by atoms with Crippen LogP contribution in [0.2, 0.25) is 0 Å². The predicted octanol–water partition coefficient (Wildman–Crippen LogP) is 1.95. The number of ether oxygens (including phenoxy) is 2. The molecule has 0 bridgehead atoms. The zero-order chi connectivity index (χ0) is 15.1. The lowest BCUT2D eigenvalue weighted by Crippen LogP contribution is -2.19. The standard InChI is InChI=1S/C14H23N5O2/c1-4-19-13(7-9-15-19)12-11-18(17-16-12)10-8-14(20-5-2)21-6-3/h7,9,11,14H,4-6,8,10H2,1-3H3. The molecule has 0 N–H and O–H groups in total. The summed E-state index contributed by atoms with van der Waals surface area (Å²) in [7, 11) is 0. The first-order chi connectivity index (χ1) is 10.3. The van der Waals surface area contributed by atoms with Crippen molar-refractivity contribution in [3.8, 4) is 11.4 Å². The molecule has 0 fully saturated rings. The molecule has 116 valence electrons. The Hall–Kier alpha value is -1.73. The third-order valence-corrected chi connectivity index (χ3v) is 3.12. The highest BCUT2D eigenvalue weighted by atomic mass is 16.7. The Morgan fingerprint density at radius 3 is 2.62 bits per heavy atom.